The van der Waals surface area contributed by atoms with Crippen LogP contribution in [0.3, 0.4) is 0 Å². The molecule has 1 aromatic carbocycles. The molecule has 0 aliphatic rings. The summed E-state index contributed by atoms with van der Waals surface area (Å²) in [6, 6.07) is 13.6. The van der Waals surface area contributed by atoms with Crippen molar-refractivity contribution < 1.29 is 5.11 Å². The fourth-order valence-electron chi connectivity index (χ4n) is 2.01. The molecule has 5 heteroatoms. The summed E-state index contributed by atoms with van der Waals surface area (Å²) in [5, 5.41) is 16.4. The van der Waals surface area contributed by atoms with Crippen molar-refractivity contribution in [1.29, 1.82) is 0 Å². The molecular weight excluding hydrogens is 240 g/mol. The zero-order valence-corrected chi connectivity index (χ0v) is 10.5. The summed E-state index contributed by atoms with van der Waals surface area (Å²) in [5.41, 5.74) is 3.70. The SMILES string of the molecule is CNc1nc2cccc(-c3ccc(CO)cc3)n2n1. The summed E-state index contributed by atoms with van der Waals surface area (Å²) in [6.07, 6.45) is 0. The van der Waals surface area contributed by atoms with Crippen molar-refractivity contribution in [3.05, 3.63) is 48.0 Å². The molecule has 0 bridgehead atoms. The molecule has 0 saturated carbocycles. The van der Waals surface area contributed by atoms with E-state index in [9.17, 15) is 0 Å². The Hall–Kier alpha value is -2.40. The Bertz CT molecular complexity index is 703. The van der Waals surface area contributed by atoms with Crippen molar-refractivity contribution in [3.63, 3.8) is 0 Å². The second kappa shape index (κ2) is 4.70. The highest BCUT2D eigenvalue weighted by Gasteiger charge is 2.07. The van der Waals surface area contributed by atoms with E-state index in [2.05, 4.69) is 15.4 Å². The Morgan fingerprint density at radius 1 is 1.16 bits per heavy atom. The van der Waals surface area contributed by atoms with E-state index in [1.807, 2.05) is 42.5 Å². The molecule has 0 spiro atoms. The van der Waals surface area contributed by atoms with Gasteiger partial charge >= 0.3 is 0 Å². The average Bonchev–Trinajstić information content (AvgIpc) is 2.90. The molecule has 3 rings (SSSR count). The van der Waals surface area contributed by atoms with Gasteiger partial charge in [-0.15, -0.1) is 5.10 Å². The minimum absolute atomic E-state index is 0.0533. The zero-order valence-electron chi connectivity index (χ0n) is 10.5. The van der Waals surface area contributed by atoms with E-state index in [1.54, 1.807) is 11.6 Å². The van der Waals surface area contributed by atoms with Gasteiger partial charge in [-0.2, -0.15) is 4.98 Å². The van der Waals surface area contributed by atoms with Crippen molar-refractivity contribution in [2.24, 2.45) is 0 Å². The normalized spacial score (nSPS) is 10.8. The third kappa shape index (κ3) is 2.04. The summed E-state index contributed by atoms with van der Waals surface area (Å²) < 4.78 is 1.81. The van der Waals surface area contributed by atoms with Crippen LogP contribution < -0.4 is 5.32 Å². The predicted octanol–water partition coefficient (Wildman–Crippen LogP) is 1.93. The summed E-state index contributed by atoms with van der Waals surface area (Å²) in [6.45, 7) is 0.0533. The van der Waals surface area contributed by atoms with Crippen LogP contribution in [0.5, 0.6) is 0 Å². The number of aromatic nitrogens is 3. The molecule has 0 saturated heterocycles. The van der Waals surface area contributed by atoms with Crippen LogP contribution in [-0.2, 0) is 6.61 Å². The molecular formula is C14H14N4O. The molecule has 96 valence electrons. The molecule has 0 radical (unpaired) electrons. The van der Waals surface area contributed by atoms with E-state index in [-0.39, 0.29) is 6.61 Å². The Balaban J connectivity index is 2.15. The molecule has 2 aromatic heterocycles. The van der Waals surface area contributed by atoms with E-state index < -0.39 is 0 Å². The number of nitrogens with one attached hydrogen (secondary N) is 1. The van der Waals surface area contributed by atoms with Gasteiger partial charge in [0.05, 0.1) is 12.3 Å². The Morgan fingerprint density at radius 3 is 2.63 bits per heavy atom. The van der Waals surface area contributed by atoms with Crippen LogP contribution in [0.1, 0.15) is 5.56 Å². The maximum Gasteiger partial charge on any atom is 0.242 e. The second-order valence-electron chi connectivity index (χ2n) is 4.22. The number of hydrogen-bond donors (Lipinski definition) is 2. The van der Waals surface area contributed by atoms with Crippen LogP contribution in [-0.4, -0.2) is 26.8 Å². The number of benzene rings is 1. The maximum absolute atomic E-state index is 9.07. The van der Waals surface area contributed by atoms with Crippen LogP contribution in [0.25, 0.3) is 16.9 Å². The van der Waals surface area contributed by atoms with E-state index in [4.69, 9.17) is 5.11 Å². The number of pyridine rings is 1. The van der Waals surface area contributed by atoms with Gasteiger partial charge in [0.15, 0.2) is 5.65 Å². The molecule has 0 aliphatic heterocycles. The first kappa shape index (κ1) is 11.7. The highest BCUT2D eigenvalue weighted by molar-refractivity contribution is 5.63. The van der Waals surface area contributed by atoms with Crippen molar-refractivity contribution in [3.8, 4) is 11.3 Å². The summed E-state index contributed by atoms with van der Waals surface area (Å²) in [5.74, 6) is 0.597. The van der Waals surface area contributed by atoms with Crippen LogP contribution >= 0.6 is 0 Å². The van der Waals surface area contributed by atoms with Crippen LogP contribution in [0.4, 0.5) is 5.95 Å². The molecule has 5 nitrogen and oxygen atoms in total. The van der Waals surface area contributed by atoms with Gasteiger partial charge in [-0.05, 0) is 17.7 Å². The topological polar surface area (TPSA) is 62.5 Å². The molecule has 0 atom stereocenters. The van der Waals surface area contributed by atoms with Crippen molar-refractivity contribution in [1.82, 2.24) is 14.6 Å². The molecule has 0 amide bonds. The van der Waals surface area contributed by atoms with E-state index >= 15 is 0 Å². The number of aliphatic hydroxyl groups is 1. The fraction of sp³-hybridized carbons (Fsp3) is 0.143. The molecule has 2 N–H and O–H groups in total. The van der Waals surface area contributed by atoms with Gasteiger partial charge in [-0.3, -0.25) is 0 Å². The number of nitrogens with zero attached hydrogens (tertiary/aromatic N) is 3. The molecule has 19 heavy (non-hydrogen) atoms. The van der Waals surface area contributed by atoms with Gasteiger partial charge < -0.3 is 10.4 Å². The van der Waals surface area contributed by atoms with E-state index in [1.165, 1.54) is 0 Å². The third-order valence-electron chi connectivity index (χ3n) is 3.02. The molecule has 3 aromatic rings. The lowest BCUT2D eigenvalue weighted by molar-refractivity contribution is 0.282. The van der Waals surface area contributed by atoms with Gasteiger partial charge in [0.2, 0.25) is 5.95 Å². The number of aliphatic hydroxyl groups excluding tert-OH is 1. The summed E-state index contributed by atoms with van der Waals surface area (Å²) in [7, 11) is 1.80. The Labute approximate surface area is 110 Å². The first-order valence-electron chi connectivity index (χ1n) is 6.05. The number of anilines is 1. The van der Waals surface area contributed by atoms with Gasteiger partial charge in [-0.25, -0.2) is 4.52 Å². The van der Waals surface area contributed by atoms with Crippen LogP contribution in [0.15, 0.2) is 42.5 Å². The third-order valence-corrected chi connectivity index (χ3v) is 3.02. The monoisotopic (exact) mass is 254 g/mol. The molecule has 0 unspecified atom stereocenters. The molecule has 0 fully saturated rings. The smallest absolute Gasteiger partial charge is 0.242 e. The second-order valence-corrected chi connectivity index (χ2v) is 4.22. The average molecular weight is 254 g/mol. The first-order chi connectivity index (χ1) is 9.31. The van der Waals surface area contributed by atoms with Crippen molar-refractivity contribution in [2.45, 2.75) is 6.61 Å². The summed E-state index contributed by atoms with van der Waals surface area (Å²) >= 11 is 0. The minimum atomic E-state index is 0.0533. The standard InChI is InChI=1S/C14H14N4O/c1-15-14-16-13-4-2-3-12(18(13)17-14)11-7-5-10(9-19)6-8-11/h2-8,19H,9H2,1H3,(H,15,17). The van der Waals surface area contributed by atoms with Gasteiger partial charge in [0.25, 0.3) is 0 Å². The number of fused-ring (bicyclic) bond motifs is 1. The largest absolute Gasteiger partial charge is 0.392 e. The number of hydrogen-bond acceptors (Lipinski definition) is 4. The molecule has 2 heterocycles. The first-order valence-corrected chi connectivity index (χ1v) is 6.05. The predicted molar refractivity (Wildman–Crippen MR) is 73.9 cm³/mol. The van der Waals surface area contributed by atoms with E-state index in [0.717, 1.165) is 22.5 Å². The lowest BCUT2D eigenvalue weighted by atomic mass is 10.1. The minimum Gasteiger partial charge on any atom is -0.392 e. The zero-order chi connectivity index (χ0) is 13.2. The Kier molecular flexibility index (Phi) is 2.89. The van der Waals surface area contributed by atoms with Crippen molar-refractivity contribution >= 4 is 11.6 Å². The fourth-order valence-corrected chi connectivity index (χ4v) is 2.01. The van der Waals surface area contributed by atoms with Gasteiger partial charge in [0, 0.05) is 12.6 Å². The van der Waals surface area contributed by atoms with Gasteiger partial charge in [0.1, 0.15) is 0 Å². The number of rotatable bonds is 3. The highest BCUT2D eigenvalue weighted by Crippen LogP contribution is 2.21. The van der Waals surface area contributed by atoms with Crippen LogP contribution in [0, 0.1) is 0 Å². The van der Waals surface area contributed by atoms with Gasteiger partial charge in [-0.1, -0.05) is 30.3 Å². The Morgan fingerprint density at radius 2 is 1.95 bits per heavy atom. The maximum atomic E-state index is 9.07. The van der Waals surface area contributed by atoms with Crippen molar-refractivity contribution in [2.75, 3.05) is 12.4 Å². The van der Waals surface area contributed by atoms with Crippen LogP contribution in [0.2, 0.25) is 0 Å². The quantitative estimate of drug-likeness (QED) is 0.749. The van der Waals surface area contributed by atoms with E-state index in [0.29, 0.717) is 5.95 Å². The lowest BCUT2D eigenvalue weighted by Gasteiger charge is -2.04. The molecule has 0 aliphatic carbocycles. The summed E-state index contributed by atoms with van der Waals surface area (Å²) in [4.78, 5) is 4.35. The highest BCUT2D eigenvalue weighted by atomic mass is 16.3. The lowest BCUT2D eigenvalue weighted by Crippen LogP contribution is -1.95.